The summed E-state index contributed by atoms with van der Waals surface area (Å²) in [6, 6.07) is 0. The minimum Gasteiger partial charge on any atom is -0.475 e. The summed E-state index contributed by atoms with van der Waals surface area (Å²) in [5, 5.41) is 7.12. The molecule has 212 valence electrons. The van der Waals surface area contributed by atoms with E-state index in [4.69, 9.17) is 30.8 Å². The molecule has 4 amide bonds. The zero-order valence-corrected chi connectivity index (χ0v) is 19.9. The molecular formula is C22H23F3N4O10. The summed E-state index contributed by atoms with van der Waals surface area (Å²) in [6.45, 7) is -1.73. The normalized spacial score (nSPS) is 33.6. The second kappa shape index (κ2) is 10.0. The van der Waals surface area contributed by atoms with Crippen molar-refractivity contribution in [1.29, 1.82) is 0 Å². The average Bonchev–Trinajstić information content (AvgIpc) is 3.24. The van der Waals surface area contributed by atoms with Gasteiger partial charge in [0.15, 0.2) is 13.5 Å². The van der Waals surface area contributed by atoms with Crippen LogP contribution in [0.1, 0.15) is 0 Å². The number of alkyl halides is 3. The number of hydrogen-bond acceptors (Lipinski definition) is 11. The van der Waals surface area contributed by atoms with E-state index >= 15 is 0 Å². The SMILES string of the molecule is NCC(=O)OCN1C(=O)C2C3C=CC(C2C1=O)C1C2C(=O)N(COC(=O)CN)C(=O)C2C31.O=C(O)C(F)(F)F. The molecule has 39 heavy (non-hydrogen) atoms. The molecule has 8 atom stereocenters. The molecule has 17 heteroatoms. The van der Waals surface area contributed by atoms with Crippen LogP contribution in [-0.4, -0.2) is 89.2 Å². The monoisotopic (exact) mass is 560 g/mol. The van der Waals surface area contributed by atoms with E-state index in [9.17, 15) is 41.9 Å². The first-order chi connectivity index (χ1) is 18.3. The molecule has 2 saturated carbocycles. The summed E-state index contributed by atoms with van der Waals surface area (Å²) in [6.07, 6.45) is -1.36. The maximum absolute atomic E-state index is 13.0. The molecule has 0 aromatic carbocycles. The van der Waals surface area contributed by atoms with E-state index in [1.807, 2.05) is 12.2 Å². The lowest BCUT2D eigenvalue weighted by Crippen LogP contribution is -2.63. The van der Waals surface area contributed by atoms with Crippen molar-refractivity contribution >= 4 is 41.5 Å². The second-order valence-electron chi connectivity index (χ2n) is 9.51. The van der Waals surface area contributed by atoms with Crippen LogP contribution < -0.4 is 11.5 Å². The van der Waals surface area contributed by atoms with E-state index in [-0.39, 0.29) is 36.8 Å². The number of carboxylic acid groups (broad SMARTS) is 1. The first-order valence-corrected chi connectivity index (χ1v) is 11.7. The zero-order chi connectivity index (χ0) is 29.0. The van der Waals surface area contributed by atoms with Crippen LogP contribution >= 0.6 is 0 Å². The van der Waals surface area contributed by atoms with E-state index in [1.165, 1.54) is 0 Å². The Labute approximate surface area is 217 Å². The molecule has 0 aromatic rings. The minimum absolute atomic E-state index is 0.258. The third-order valence-electron chi connectivity index (χ3n) is 7.81. The number of halogens is 3. The van der Waals surface area contributed by atoms with Gasteiger partial charge in [-0.25, -0.2) is 14.6 Å². The van der Waals surface area contributed by atoms with E-state index in [0.29, 0.717) is 0 Å². The van der Waals surface area contributed by atoms with E-state index in [1.54, 1.807) is 0 Å². The van der Waals surface area contributed by atoms with E-state index in [2.05, 4.69) is 0 Å². The highest BCUT2D eigenvalue weighted by molar-refractivity contribution is 6.09. The molecule has 2 saturated heterocycles. The van der Waals surface area contributed by atoms with Crippen molar-refractivity contribution in [3.63, 3.8) is 0 Å². The van der Waals surface area contributed by atoms with Gasteiger partial charge in [0.25, 0.3) is 0 Å². The molecule has 0 aromatic heterocycles. The molecule has 0 spiro atoms. The number of fused-ring (bicyclic) bond motifs is 1. The van der Waals surface area contributed by atoms with Crippen molar-refractivity contribution in [3.8, 4) is 0 Å². The molecule has 8 unspecified atom stereocenters. The average molecular weight is 560 g/mol. The lowest BCUT2D eigenvalue weighted by molar-refractivity contribution is -0.192. The summed E-state index contributed by atoms with van der Waals surface area (Å²) in [7, 11) is 0. The molecule has 6 rings (SSSR count). The Kier molecular flexibility index (Phi) is 7.24. The number of carbonyl (C=O) groups excluding carboxylic acids is 6. The first kappa shape index (κ1) is 28.2. The van der Waals surface area contributed by atoms with Gasteiger partial charge < -0.3 is 26.0 Å². The van der Waals surface area contributed by atoms with Crippen molar-refractivity contribution < 1.29 is 61.3 Å². The molecule has 4 fully saturated rings. The number of nitrogens with zero attached hydrogens (tertiary/aromatic N) is 2. The summed E-state index contributed by atoms with van der Waals surface area (Å²) in [5.41, 5.74) is 10.4. The molecule has 14 nitrogen and oxygen atoms in total. The number of esters is 2. The van der Waals surface area contributed by atoms with Gasteiger partial charge in [-0.05, 0) is 23.7 Å². The molecule has 6 aliphatic rings. The van der Waals surface area contributed by atoms with Crippen LogP contribution in [0.25, 0.3) is 0 Å². The highest BCUT2D eigenvalue weighted by Crippen LogP contribution is 2.68. The number of rotatable bonds is 6. The Morgan fingerprint density at radius 1 is 0.744 bits per heavy atom. The largest absolute Gasteiger partial charge is 0.490 e. The Morgan fingerprint density at radius 2 is 1.05 bits per heavy atom. The fourth-order valence-corrected chi connectivity index (χ4v) is 6.37. The number of allylic oxidation sites excluding steroid dienone is 2. The van der Waals surface area contributed by atoms with Crippen LogP contribution in [-0.2, 0) is 43.0 Å². The standard InChI is InChI=1S/C20H22N4O8.C2HF3O2/c21-3-9(25)31-5-23-17(27)13-7-1-2-8(14(13)18(23)28)12-11(7)15-16(12)20(30)24(19(15)29)6-32-10(26)4-22;3-2(4,5)1(6)7/h1-2,7-8,11-16H,3-6,21-22H2;(H,6,7). The van der Waals surface area contributed by atoms with Crippen LogP contribution in [0, 0.1) is 47.3 Å². The van der Waals surface area contributed by atoms with Crippen LogP contribution in [0.5, 0.6) is 0 Å². The van der Waals surface area contributed by atoms with Crippen LogP contribution in [0.15, 0.2) is 12.2 Å². The van der Waals surface area contributed by atoms with Gasteiger partial charge in [-0.1, -0.05) is 12.2 Å². The predicted octanol–water partition coefficient (Wildman–Crippen LogP) is -2.20. The number of amides is 4. The maximum atomic E-state index is 13.0. The fourth-order valence-electron chi connectivity index (χ4n) is 6.37. The van der Waals surface area contributed by atoms with Crippen molar-refractivity contribution in [2.75, 3.05) is 26.6 Å². The third kappa shape index (κ3) is 4.44. The predicted molar refractivity (Wildman–Crippen MR) is 114 cm³/mol. The number of imide groups is 2. The van der Waals surface area contributed by atoms with Gasteiger partial charge in [-0.3, -0.25) is 28.8 Å². The lowest BCUT2D eigenvalue weighted by atomic mass is 9.40. The van der Waals surface area contributed by atoms with Gasteiger partial charge in [0.1, 0.15) is 0 Å². The quantitative estimate of drug-likeness (QED) is 0.179. The molecule has 4 aliphatic carbocycles. The van der Waals surface area contributed by atoms with Gasteiger partial charge in [0.05, 0.1) is 36.8 Å². The Hall–Kier alpha value is -3.86. The number of carboxylic acids is 1. The Balaban J connectivity index is 0.000000448. The van der Waals surface area contributed by atoms with Crippen LogP contribution in [0.2, 0.25) is 0 Å². The number of carbonyl (C=O) groups is 7. The van der Waals surface area contributed by atoms with E-state index < -0.39 is 84.8 Å². The Bertz CT molecular complexity index is 1120. The third-order valence-corrected chi connectivity index (χ3v) is 7.81. The zero-order valence-electron chi connectivity index (χ0n) is 19.9. The molecule has 0 radical (unpaired) electrons. The summed E-state index contributed by atoms with van der Waals surface area (Å²) in [5.74, 6) is -9.83. The van der Waals surface area contributed by atoms with Crippen LogP contribution in [0.4, 0.5) is 13.2 Å². The smallest absolute Gasteiger partial charge is 0.475 e. The maximum Gasteiger partial charge on any atom is 0.490 e. The van der Waals surface area contributed by atoms with E-state index in [0.717, 1.165) is 9.80 Å². The highest BCUT2D eigenvalue weighted by atomic mass is 19.4. The molecular weight excluding hydrogens is 537 g/mol. The van der Waals surface area contributed by atoms with Crippen molar-refractivity contribution in [1.82, 2.24) is 9.80 Å². The molecule has 2 bridgehead atoms. The van der Waals surface area contributed by atoms with Crippen molar-refractivity contribution in [2.24, 2.45) is 58.8 Å². The Morgan fingerprint density at radius 3 is 1.33 bits per heavy atom. The minimum atomic E-state index is -5.08. The fraction of sp³-hybridized carbons (Fsp3) is 0.591. The number of ether oxygens (including phenoxy) is 2. The van der Waals surface area contributed by atoms with Gasteiger partial charge in [-0.15, -0.1) is 0 Å². The number of likely N-dealkylation sites (tertiary alicyclic amines) is 2. The second-order valence-corrected chi connectivity index (χ2v) is 9.51. The summed E-state index contributed by atoms with van der Waals surface area (Å²) in [4.78, 5) is 85.5. The number of hydrogen-bond donors (Lipinski definition) is 3. The van der Waals surface area contributed by atoms with Gasteiger partial charge in [0.2, 0.25) is 23.6 Å². The molecule has 2 aliphatic heterocycles. The van der Waals surface area contributed by atoms with Crippen LogP contribution in [0.3, 0.4) is 0 Å². The summed E-state index contributed by atoms with van der Waals surface area (Å²) >= 11 is 0. The summed E-state index contributed by atoms with van der Waals surface area (Å²) < 4.78 is 41.5. The highest BCUT2D eigenvalue weighted by Gasteiger charge is 2.75. The lowest BCUT2D eigenvalue weighted by Gasteiger charge is -2.60. The van der Waals surface area contributed by atoms with Gasteiger partial charge >= 0.3 is 24.1 Å². The van der Waals surface area contributed by atoms with Gasteiger partial charge in [-0.2, -0.15) is 13.2 Å². The molecule has 5 N–H and O–H groups in total. The topological polar surface area (TPSA) is 217 Å². The first-order valence-electron chi connectivity index (χ1n) is 11.7. The van der Waals surface area contributed by atoms with Crippen molar-refractivity contribution in [2.45, 2.75) is 6.18 Å². The molecule has 2 heterocycles. The number of nitrogens with two attached hydrogens (primary N) is 2. The van der Waals surface area contributed by atoms with Crippen molar-refractivity contribution in [3.05, 3.63) is 12.2 Å². The van der Waals surface area contributed by atoms with Gasteiger partial charge in [0, 0.05) is 0 Å². The number of aliphatic carboxylic acids is 1.